The first kappa shape index (κ1) is 12.4. The van der Waals surface area contributed by atoms with Crippen LogP contribution in [0.25, 0.3) is 0 Å². The van der Waals surface area contributed by atoms with Crippen molar-refractivity contribution in [3.8, 4) is 0 Å². The quantitative estimate of drug-likeness (QED) is 0.443. The molecule has 0 aromatic carbocycles. The summed E-state index contributed by atoms with van der Waals surface area (Å²) in [4.78, 5) is 0. The summed E-state index contributed by atoms with van der Waals surface area (Å²) in [6.07, 6.45) is 6.27. The van der Waals surface area contributed by atoms with Gasteiger partial charge in [-0.2, -0.15) is 0 Å². The van der Waals surface area contributed by atoms with E-state index in [2.05, 4.69) is 0 Å². The van der Waals surface area contributed by atoms with Gasteiger partial charge in [-0.05, 0) is 37.0 Å². The number of rotatable bonds is 1. The van der Waals surface area contributed by atoms with Crippen LogP contribution in [-0.2, 0) is 0 Å². The molecule has 0 saturated heterocycles. The molecule has 0 spiro atoms. The molecule has 15 heavy (non-hydrogen) atoms. The largest absolute Gasteiger partial charge is 1.00 e. The average Bonchev–Trinajstić information content (AvgIpc) is 1.98. The predicted octanol–water partition coefficient (Wildman–Crippen LogP) is -2.12. The van der Waals surface area contributed by atoms with E-state index in [-0.39, 0.29) is 29.6 Å². The topological polar surface area (TPSA) is 60.7 Å². The van der Waals surface area contributed by atoms with Gasteiger partial charge < -0.3 is 15.1 Å². The first-order valence-electron chi connectivity index (χ1n) is 5.80. The summed E-state index contributed by atoms with van der Waals surface area (Å²) in [6, 6.07) is 0. The van der Waals surface area contributed by atoms with E-state index in [0.29, 0.717) is 17.8 Å². The van der Waals surface area contributed by atoms with Crippen LogP contribution in [0.1, 0.15) is 38.5 Å². The van der Waals surface area contributed by atoms with Crippen molar-refractivity contribution in [3.05, 3.63) is 0 Å². The molecule has 0 radical (unpaired) electrons. The Morgan fingerprint density at radius 1 is 0.800 bits per heavy atom. The standard InChI is InChI=1S/C10H18BO3.Na/c12-11(13,14)10-4-7-1-8(5-10)3-9(2-7)6-10;/h7-9,12-14H,1-6H2;/q-1;+1. The molecule has 0 aromatic rings. The van der Waals surface area contributed by atoms with E-state index >= 15 is 0 Å². The van der Waals surface area contributed by atoms with E-state index in [9.17, 15) is 15.1 Å². The van der Waals surface area contributed by atoms with Crippen molar-refractivity contribution in [2.24, 2.45) is 17.8 Å². The maximum absolute atomic E-state index is 9.56. The summed E-state index contributed by atoms with van der Waals surface area (Å²) in [7, 11) is 0. The van der Waals surface area contributed by atoms with Gasteiger partial charge >= 0.3 is 36.3 Å². The van der Waals surface area contributed by atoms with Crippen LogP contribution in [0.5, 0.6) is 0 Å². The minimum Gasteiger partial charge on any atom is -0.559 e. The molecule has 0 aliphatic heterocycles. The average molecular weight is 220 g/mol. The second-order valence-electron chi connectivity index (χ2n) is 6.01. The first-order valence-corrected chi connectivity index (χ1v) is 5.80. The Hall–Kier alpha value is 0.945. The fraction of sp³-hybridized carbons (Fsp3) is 1.00. The van der Waals surface area contributed by atoms with Crippen LogP contribution < -0.4 is 29.6 Å². The predicted molar refractivity (Wildman–Crippen MR) is 53.3 cm³/mol. The van der Waals surface area contributed by atoms with Crippen LogP contribution in [0.4, 0.5) is 0 Å². The normalized spacial score (nSPS) is 47.8. The van der Waals surface area contributed by atoms with E-state index in [4.69, 9.17) is 0 Å². The molecule has 3 N–H and O–H groups in total. The zero-order valence-electron chi connectivity index (χ0n) is 9.39. The molecular formula is C10H18BNaO3. The zero-order chi connectivity index (χ0) is 9.97. The Morgan fingerprint density at radius 3 is 1.40 bits per heavy atom. The van der Waals surface area contributed by atoms with Crippen molar-refractivity contribution in [1.82, 2.24) is 0 Å². The molecular weight excluding hydrogens is 202 g/mol. The molecule has 4 fully saturated rings. The molecule has 0 aromatic heterocycles. The molecule has 80 valence electrons. The molecule has 4 aliphatic carbocycles. The van der Waals surface area contributed by atoms with E-state index in [0.717, 1.165) is 19.3 Å². The van der Waals surface area contributed by atoms with Gasteiger partial charge in [-0.15, -0.1) is 0 Å². The third-order valence-corrected chi connectivity index (χ3v) is 4.91. The van der Waals surface area contributed by atoms with Crippen molar-refractivity contribution in [3.63, 3.8) is 0 Å². The summed E-state index contributed by atoms with van der Waals surface area (Å²) in [6.45, 7) is -3.10. The molecule has 4 saturated carbocycles. The smallest absolute Gasteiger partial charge is 0.559 e. The van der Waals surface area contributed by atoms with Crippen molar-refractivity contribution in [2.75, 3.05) is 0 Å². The second kappa shape index (κ2) is 3.72. The Bertz CT molecular complexity index is 229. The summed E-state index contributed by atoms with van der Waals surface area (Å²) < 4.78 is 0. The number of hydrogen-bond acceptors (Lipinski definition) is 3. The van der Waals surface area contributed by atoms with Crippen molar-refractivity contribution in [2.45, 2.75) is 43.8 Å². The van der Waals surface area contributed by atoms with Gasteiger partial charge in [-0.3, -0.25) is 0 Å². The van der Waals surface area contributed by atoms with Gasteiger partial charge in [0.25, 0.3) is 0 Å². The molecule has 0 amide bonds. The molecule has 0 heterocycles. The summed E-state index contributed by atoms with van der Waals surface area (Å²) in [5.41, 5.74) is 0. The fourth-order valence-electron chi connectivity index (χ4n) is 4.65. The Kier molecular flexibility index (Phi) is 3.08. The minimum atomic E-state index is -3.10. The molecule has 3 nitrogen and oxygen atoms in total. The van der Waals surface area contributed by atoms with Gasteiger partial charge in [-0.25, -0.2) is 0 Å². The summed E-state index contributed by atoms with van der Waals surface area (Å²) >= 11 is 0. The van der Waals surface area contributed by atoms with E-state index < -0.39 is 12.1 Å². The van der Waals surface area contributed by atoms with Crippen LogP contribution in [0, 0.1) is 17.8 Å². The zero-order valence-corrected chi connectivity index (χ0v) is 11.4. The minimum absolute atomic E-state index is 0. The van der Waals surface area contributed by atoms with Crippen LogP contribution in [0.15, 0.2) is 0 Å². The molecule has 4 rings (SSSR count). The monoisotopic (exact) mass is 220 g/mol. The third kappa shape index (κ3) is 1.83. The van der Waals surface area contributed by atoms with E-state index in [1.54, 1.807) is 0 Å². The van der Waals surface area contributed by atoms with Gasteiger partial charge in [0.2, 0.25) is 0 Å². The molecule has 4 aliphatic rings. The molecule has 5 heteroatoms. The van der Waals surface area contributed by atoms with E-state index in [1.165, 1.54) is 19.3 Å². The molecule has 0 unspecified atom stereocenters. The van der Waals surface area contributed by atoms with Crippen LogP contribution in [0.2, 0.25) is 5.31 Å². The van der Waals surface area contributed by atoms with Gasteiger partial charge in [0.15, 0.2) is 0 Å². The van der Waals surface area contributed by atoms with Gasteiger partial charge in [0, 0.05) is 0 Å². The Labute approximate surface area is 113 Å². The number of hydrogen-bond donors (Lipinski definition) is 3. The Morgan fingerprint density at radius 2 is 1.13 bits per heavy atom. The summed E-state index contributed by atoms with van der Waals surface area (Å²) in [5.74, 6) is 1.94. The maximum Gasteiger partial charge on any atom is 1.00 e. The summed E-state index contributed by atoms with van der Waals surface area (Å²) in [5, 5.41) is 28.1. The maximum atomic E-state index is 9.56. The molecule has 4 bridgehead atoms. The first-order chi connectivity index (χ1) is 6.48. The van der Waals surface area contributed by atoms with Crippen molar-refractivity contribution < 1.29 is 44.6 Å². The van der Waals surface area contributed by atoms with Gasteiger partial charge in [-0.1, -0.05) is 24.6 Å². The van der Waals surface area contributed by atoms with Crippen LogP contribution in [0.3, 0.4) is 0 Å². The van der Waals surface area contributed by atoms with Gasteiger partial charge in [0.05, 0.1) is 0 Å². The van der Waals surface area contributed by atoms with Crippen LogP contribution in [-0.4, -0.2) is 21.8 Å². The van der Waals surface area contributed by atoms with Crippen molar-refractivity contribution in [1.29, 1.82) is 0 Å². The fourth-order valence-corrected chi connectivity index (χ4v) is 4.65. The Balaban J connectivity index is 0.000000853. The third-order valence-electron chi connectivity index (χ3n) is 4.91. The van der Waals surface area contributed by atoms with Crippen LogP contribution >= 0.6 is 0 Å². The second-order valence-corrected chi connectivity index (χ2v) is 6.01. The molecule has 0 atom stereocenters. The van der Waals surface area contributed by atoms with Crippen molar-refractivity contribution >= 4 is 6.75 Å². The van der Waals surface area contributed by atoms with E-state index in [1.807, 2.05) is 0 Å². The van der Waals surface area contributed by atoms with Gasteiger partial charge in [0.1, 0.15) is 0 Å². The SMILES string of the molecule is O[B-](O)(O)C12CC3CC(CC(C3)C1)C2.[Na+].